The van der Waals surface area contributed by atoms with Crippen molar-refractivity contribution in [3.05, 3.63) is 73.8 Å². The van der Waals surface area contributed by atoms with Gasteiger partial charge in [-0.2, -0.15) is 0 Å². The summed E-state index contributed by atoms with van der Waals surface area (Å²) < 4.78 is 0. The number of rotatable bonds is 12. The van der Waals surface area contributed by atoms with E-state index in [2.05, 4.69) is 62.8 Å². The molecule has 2 aromatic rings. The molecule has 210 valence electrons. The summed E-state index contributed by atoms with van der Waals surface area (Å²) in [5.74, 6) is 0.0184. The van der Waals surface area contributed by atoms with E-state index in [-0.39, 0.29) is 24.1 Å². The third-order valence-corrected chi connectivity index (χ3v) is 7.88. The molecule has 1 aromatic heterocycles. The van der Waals surface area contributed by atoms with Crippen molar-refractivity contribution in [3.8, 4) is 0 Å². The second-order valence-electron chi connectivity index (χ2n) is 10.8. The van der Waals surface area contributed by atoms with Gasteiger partial charge in [0.25, 0.3) is 0 Å². The first-order valence-electron chi connectivity index (χ1n) is 14.0. The summed E-state index contributed by atoms with van der Waals surface area (Å²) in [7, 11) is 0. The molecule has 3 rings (SSSR count). The lowest BCUT2D eigenvalue weighted by atomic mass is 9.84. The maximum Gasteiger partial charge on any atom is 0.323 e. The Bertz CT molecular complexity index is 1420. The second kappa shape index (κ2) is 13.7. The molecule has 0 spiro atoms. The number of benzene rings is 1. The molecule has 0 amide bonds. The number of hydrogen-bond donors (Lipinski definition) is 5. The van der Waals surface area contributed by atoms with Crippen LogP contribution in [0.15, 0.2) is 51.3 Å². The van der Waals surface area contributed by atoms with Gasteiger partial charge in [-0.1, -0.05) is 44.5 Å². The van der Waals surface area contributed by atoms with Crippen molar-refractivity contribution in [3.63, 3.8) is 0 Å². The monoisotopic (exact) mass is 532 g/mol. The van der Waals surface area contributed by atoms with E-state index in [9.17, 15) is 15.0 Å². The summed E-state index contributed by atoms with van der Waals surface area (Å²) in [6.07, 6.45) is 9.66. The van der Waals surface area contributed by atoms with E-state index in [4.69, 9.17) is 10.4 Å². The molecule has 1 aromatic carbocycles. The van der Waals surface area contributed by atoms with Crippen LogP contribution >= 0.6 is 0 Å². The smallest absolute Gasteiger partial charge is 0.323 e. The summed E-state index contributed by atoms with van der Waals surface area (Å²) in [6, 6.07) is 8.47. The zero-order valence-corrected chi connectivity index (χ0v) is 24.1. The van der Waals surface area contributed by atoms with Crippen LogP contribution in [-0.2, 0) is 0 Å². The van der Waals surface area contributed by atoms with Crippen molar-refractivity contribution >= 4 is 29.7 Å². The maximum atomic E-state index is 11.9. The van der Waals surface area contributed by atoms with Gasteiger partial charge in [-0.3, -0.25) is 4.99 Å². The van der Waals surface area contributed by atoms with Gasteiger partial charge >= 0.3 is 5.69 Å². The molecule has 1 heterocycles. The van der Waals surface area contributed by atoms with Gasteiger partial charge in [0.15, 0.2) is 0 Å². The molecule has 0 aliphatic heterocycles. The van der Waals surface area contributed by atoms with Gasteiger partial charge in [0.2, 0.25) is 0 Å². The van der Waals surface area contributed by atoms with Gasteiger partial charge in [0, 0.05) is 12.1 Å². The van der Waals surface area contributed by atoms with E-state index in [0.29, 0.717) is 22.7 Å². The van der Waals surface area contributed by atoms with Gasteiger partial charge in [0.1, 0.15) is 0 Å². The molecule has 1 saturated carbocycles. The number of aliphatic imine (C=N–C) groups is 1. The molecule has 39 heavy (non-hydrogen) atoms. The Kier molecular flexibility index (Phi) is 10.6. The van der Waals surface area contributed by atoms with Crippen LogP contribution in [0.3, 0.4) is 0 Å². The molecule has 4 unspecified atom stereocenters. The average Bonchev–Trinajstić information content (AvgIpc) is 3.68. The number of aliphatic hydroxyl groups is 2. The van der Waals surface area contributed by atoms with Gasteiger partial charge in [-0.05, 0) is 98.4 Å². The summed E-state index contributed by atoms with van der Waals surface area (Å²) in [5, 5.41) is 28.7. The molecule has 7 nitrogen and oxygen atoms in total. The van der Waals surface area contributed by atoms with E-state index in [1.807, 2.05) is 18.2 Å². The number of nitrogens with zero attached hydrogens (tertiary/aromatic N) is 1. The first kappa shape index (κ1) is 30.3. The van der Waals surface area contributed by atoms with Crippen LogP contribution in [0.4, 0.5) is 0 Å². The second-order valence-corrected chi connectivity index (χ2v) is 10.8. The largest absolute Gasteiger partial charge is 0.392 e. The third kappa shape index (κ3) is 7.87. The molecular weight excluding hydrogens is 488 g/mol. The van der Waals surface area contributed by atoms with Gasteiger partial charge in [-0.15, -0.1) is 0 Å². The zero-order valence-electron chi connectivity index (χ0n) is 24.1. The lowest BCUT2D eigenvalue weighted by Crippen LogP contribution is -2.28. The Morgan fingerprint density at radius 2 is 1.87 bits per heavy atom. The normalized spacial score (nSPS) is 19.5. The highest BCUT2D eigenvalue weighted by Crippen LogP contribution is 2.32. The summed E-state index contributed by atoms with van der Waals surface area (Å²) in [5.41, 5.74) is 6.02. The predicted octanol–water partition coefficient (Wildman–Crippen LogP) is 4.28. The lowest BCUT2D eigenvalue weighted by molar-refractivity contribution is 0.199. The molecule has 0 radical (unpaired) electrons. The van der Waals surface area contributed by atoms with Crippen LogP contribution in [0.5, 0.6) is 0 Å². The molecule has 4 atom stereocenters. The fourth-order valence-electron chi connectivity index (χ4n) is 4.65. The molecule has 0 bridgehead atoms. The average molecular weight is 533 g/mol. The van der Waals surface area contributed by atoms with Gasteiger partial charge < -0.3 is 25.6 Å². The van der Waals surface area contributed by atoms with Crippen LogP contribution in [-0.4, -0.2) is 44.8 Å². The summed E-state index contributed by atoms with van der Waals surface area (Å²) >= 11 is 0. The fraction of sp³-hybridized carbons (Fsp3) is 0.469. The van der Waals surface area contributed by atoms with Crippen LogP contribution < -0.4 is 16.4 Å². The number of hydrogen-bond acceptors (Lipinski definition) is 5. The first-order chi connectivity index (χ1) is 18.6. The lowest BCUT2D eigenvalue weighted by Gasteiger charge is -2.22. The highest BCUT2D eigenvalue weighted by molar-refractivity contribution is 6.12. The number of imidazole rings is 1. The highest BCUT2D eigenvalue weighted by atomic mass is 16.3. The zero-order chi connectivity index (χ0) is 28.7. The Labute approximate surface area is 231 Å². The molecule has 7 heteroatoms. The van der Waals surface area contributed by atoms with E-state index < -0.39 is 6.10 Å². The number of allylic oxidation sites excluding steroid dienone is 4. The van der Waals surface area contributed by atoms with Crippen LogP contribution in [0, 0.1) is 23.2 Å². The van der Waals surface area contributed by atoms with Crippen LogP contribution in [0.25, 0.3) is 17.7 Å². The van der Waals surface area contributed by atoms with Crippen molar-refractivity contribution < 1.29 is 10.2 Å². The SMILES string of the molecule is CCC(C)/C(=C\C(=NC1CC1)C(C)=C(C)C(C)C(C=N)/C=c1\[nH]c(=O)[nH]\c1=C/CO)c1cccc(C(C)O)c1. The number of aromatic amines is 2. The van der Waals surface area contributed by atoms with Crippen molar-refractivity contribution in [1.29, 1.82) is 5.41 Å². The molecule has 1 aliphatic rings. The van der Waals surface area contributed by atoms with E-state index in [0.717, 1.165) is 47.2 Å². The minimum Gasteiger partial charge on any atom is -0.392 e. The third-order valence-electron chi connectivity index (χ3n) is 7.88. The topological polar surface area (TPSA) is 125 Å². The number of nitrogens with one attached hydrogen (secondary N) is 3. The van der Waals surface area contributed by atoms with E-state index >= 15 is 0 Å². The molecule has 1 fully saturated rings. The first-order valence-corrected chi connectivity index (χ1v) is 14.0. The molecule has 1 aliphatic carbocycles. The minimum absolute atomic E-state index is 0.0219. The van der Waals surface area contributed by atoms with Crippen molar-refractivity contribution in [2.45, 2.75) is 73.0 Å². The van der Waals surface area contributed by atoms with Crippen molar-refractivity contribution in [2.24, 2.45) is 22.7 Å². The standard InChI is InChI=1S/C32H44N4O3/c1-7-19(2)28(25-10-8-9-24(15-25)23(6)38)17-30(34-27-11-12-27)22(5)20(3)21(4)26(18-33)16-31-29(13-14-37)35-32(39)36-31/h8-10,13,15-19,21,23,26-27,33,37-38H,7,11-12,14H2,1-6H3,(H2,35,36,39)/b22-20?,28-17+,29-13-,31-16-,33-18?,34-30?. The highest BCUT2D eigenvalue weighted by Gasteiger charge is 2.24. The van der Waals surface area contributed by atoms with Crippen LogP contribution in [0.1, 0.15) is 78.0 Å². The number of aromatic nitrogens is 2. The minimum atomic E-state index is -0.535. The molecule has 5 N–H and O–H groups in total. The predicted molar refractivity (Wildman–Crippen MR) is 161 cm³/mol. The number of aliphatic hydroxyl groups excluding tert-OH is 2. The molecule has 0 saturated heterocycles. The Morgan fingerprint density at radius 3 is 2.46 bits per heavy atom. The summed E-state index contributed by atoms with van der Waals surface area (Å²) in [4.78, 5) is 22.5. The van der Waals surface area contributed by atoms with Crippen molar-refractivity contribution in [1.82, 2.24) is 9.97 Å². The Morgan fingerprint density at radius 1 is 1.18 bits per heavy atom. The quantitative estimate of drug-likeness (QED) is 0.262. The maximum absolute atomic E-state index is 11.9. The Balaban J connectivity index is 2.09. The van der Waals surface area contributed by atoms with Gasteiger partial charge in [-0.25, -0.2) is 4.79 Å². The fourth-order valence-corrected chi connectivity index (χ4v) is 4.65. The van der Waals surface area contributed by atoms with Crippen molar-refractivity contribution in [2.75, 3.05) is 6.61 Å². The molecular formula is C32H44N4O3. The number of H-pyrrole nitrogens is 2. The van der Waals surface area contributed by atoms with E-state index in [1.54, 1.807) is 6.92 Å². The summed E-state index contributed by atoms with van der Waals surface area (Å²) in [6.45, 7) is 12.3. The Hall–Kier alpha value is -3.29. The van der Waals surface area contributed by atoms with E-state index in [1.165, 1.54) is 17.9 Å². The van der Waals surface area contributed by atoms with Gasteiger partial charge in [0.05, 0.1) is 35.2 Å². The van der Waals surface area contributed by atoms with Crippen LogP contribution in [0.2, 0.25) is 0 Å².